The monoisotopic (exact) mass is 374 g/mol. The van der Waals surface area contributed by atoms with Crippen LogP contribution in [-0.2, 0) is 17.8 Å². The zero-order valence-corrected chi connectivity index (χ0v) is 15.6. The highest BCUT2D eigenvalue weighted by atomic mass is 32.1. The summed E-state index contributed by atoms with van der Waals surface area (Å²) in [5.41, 5.74) is 0.981. The third kappa shape index (κ3) is 3.94. The number of piperidine rings is 1. The molecule has 0 atom stereocenters. The van der Waals surface area contributed by atoms with E-state index in [1.54, 1.807) is 17.4 Å². The van der Waals surface area contributed by atoms with Gasteiger partial charge < -0.3 is 4.90 Å². The lowest BCUT2D eigenvalue weighted by Crippen LogP contribution is -2.44. The fourth-order valence-corrected chi connectivity index (χ4v) is 4.76. The molecule has 2 saturated heterocycles. The van der Waals surface area contributed by atoms with E-state index in [4.69, 9.17) is 0 Å². The Morgan fingerprint density at radius 1 is 1.19 bits per heavy atom. The first-order chi connectivity index (χ1) is 12.6. The number of hydrogen-bond acceptors (Lipinski definition) is 5. The number of hydrogen-bond donors (Lipinski definition) is 0. The minimum atomic E-state index is -0.371. The molecule has 5 nitrogen and oxygen atoms in total. The Kier molecular flexibility index (Phi) is 5.00. The van der Waals surface area contributed by atoms with Crippen molar-refractivity contribution >= 4 is 17.2 Å². The summed E-state index contributed by atoms with van der Waals surface area (Å²) >= 11 is 1.72. The molecular weight excluding hydrogens is 351 g/mol. The van der Waals surface area contributed by atoms with E-state index in [-0.39, 0.29) is 18.1 Å². The van der Waals surface area contributed by atoms with E-state index in [2.05, 4.69) is 14.9 Å². The summed E-state index contributed by atoms with van der Waals surface area (Å²) in [4.78, 5) is 25.3. The molecule has 7 heteroatoms. The summed E-state index contributed by atoms with van der Waals surface area (Å²) in [7, 11) is 0. The lowest BCUT2D eigenvalue weighted by Gasteiger charge is -2.39. The highest BCUT2D eigenvalue weighted by molar-refractivity contribution is 7.09. The van der Waals surface area contributed by atoms with Crippen LogP contribution in [-0.4, -0.2) is 51.9 Å². The molecule has 0 N–H and O–H groups in total. The standard InChI is InChI=1S/C19H23FN4OS/c20-15-1-2-16(22-12-15)11-18(25)24-8-4-19(5-9-24)3-7-23(14-19)13-17-21-6-10-26-17/h1-2,6,10,12H,3-5,7-9,11,13-14H2. The third-order valence-electron chi connectivity index (χ3n) is 5.66. The average molecular weight is 374 g/mol. The van der Waals surface area contributed by atoms with Gasteiger partial charge in [0.1, 0.15) is 10.8 Å². The second kappa shape index (κ2) is 7.40. The van der Waals surface area contributed by atoms with Crippen LogP contribution in [0.3, 0.4) is 0 Å². The topological polar surface area (TPSA) is 49.3 Å². The SMILES string of the molecule is O=C(Cc1ccc(F)cn1)N1CCC2(CCN(Cc3nccs3)C2)CC1. The zero-order valence-electron chi connectivity index (χ0n) is 14.7. The molecule has 1 amide bonds. The Bertz CT molecular complexity index is 741. The number of pyridine rings is 1. The first-order valence-corrected chi connectivity index (χ1v) is 9.99. The van der Waals surface area contributed by atoms with Crippen LogP contribution in [0.1, 0.15) is 30.0 Å². The van der Waals surface area contributed by atoms with Crippen LogP contribution in [0.25, 0.3) is 0 Å². The Morgan fingerprint density at radius 3 is 2.69 bits per heavy atom. The van der Waals surface area contributed by atoms with Gasteiger partial charge >= 0.3 is 0 Å². The van der Waals surface area contributed by atoms with Crippen molar-refractivity contribution in [3.63, 3.8) is 0 Å². The molecule has 0 unspecified atom stereocenters. The Hall–Kier alpha value is -1.86. The maximum Gasteiger partial charge on any atom is 0.228 e. The van der Waals surface area contributed by atoms with E-state index in [0.717, 1.165) is 45.6 Å². The molecular formula is C19H23FN4OS. The number of halogens is 1. The van der Waals surface area contributed by atoms with E-state index >= 15 is 0 Å². The molecule has 2 aromatic rings. The van der Waals surface area contributed by atoms with Crippen LogP contribution in [0.15, 0.2) is 29.9 Å². The highest BCUT2D eigenvalue weighted by Gasteiger charge is 2.41. The van der Waals surface area contributed by atoms with E-state index in [0.29, 0.717) is 11.1 Å². The summed E-state index contributed by atoms with van der Waals surface area (Å²) in [6.07, 6.45) is 6.62. The lowest BCUT2D eigenvalue weighted by atomic mass is 9.77. The van der Waals surface area contributed by atoms with Crippen molar-refractivity contribution in [2.45, 2.75) is 32.2 Å². The maximum atomic E-state index is 12.9. The molecule has 0 bridgehead atoms. The van der Waals surface area contributed by atoms with Crippen LogP contribution in [0, 0.1) is 11.2 Å². The molecule has 2 aliphatic rings. The maximum absolute atomic E-state index is 12.9. The normalized spacial score (nSPS) is 20.0. The number of aromatic nitrogens is 2. The molecule has 2 fully saturated rings. The summed E-state index contributed by atoms with van der Waals surface area (Å²) in [6.45, 7) is 4.79. The van der Waals surface area contributed by atoms with Crippen LogP contribution >= 0.6 is 11.3 Å². The molecule has 0 aromatic carbocycles. The van der Waals surface area contributed by atoms with E-state index in [1.807, 2.05) is 16.5 Å². The molecule has 2 aromatic heterocycles. The minimum Gasteiger partial charge on any atom is -0.342 e. The second-order valence-corrected chi connectivity index (χ2v) is 8.39. The number of likely N-dealkylation sites (tertiary alicyclic amines) is 2. The molecule has 2 aliphatic heterocycles. The fraction of sp³-hybridized carbons (Fsp3) is 0.526. The molecule has 0 aliphatic carbocycles. The van der Waals surface area contributed by atoms with Crippen LogP contribution < -0.4 is 0 Å². The third-order valence-corrected chi connectivity index (χ3v) is 6.42. The minimum absolute atomic E-state index is 0.0941. The van der Waals surface area contributed by atoms with Gasteiger partial charge in [0, 0.05) is 36.9 Å². The zero-order chi connectivity index (χ0) is 18.0. The largest absolute Gasteiger partial charge is 0.342 e. The molecule has 4 heterocycles. The van der Waals surface area contributed by atoms with Gasteiger partial charge in [-0.1, -0.05) is 0 Å². The van der Waals surface area contributed by atoms with E-state index in [9.17, 15) is 9.18 Å². The fourth-order valence-electron chi connectivity index (χ4n) is 4.10. The predicted octanol–water partition coefficient (Wildman–Crippen LogP) is 2.73. The molecule has 0 saturated carbocycles. The number of carbonyl (C=O) groups excluding carboxylic acids is 1. The molecule has 0 radical (unpaired) electrons. The molecule has 138 valence electrons. The number of carbonyl (C=O) groups is 1. The van der Waals surface area contributed by atoms with E-state index in [1.165, 1.54) is 23.7 Å². The number of amides is 1. The number of rotatable bonds is 4. The number of nitrogens with zero attached hydrogens (tertiary/aromatic N) is 4. The van der Waals surface area contributed by atoms with Crippen LogP contribution in [0.5, 0.6) is 0 Å². The predicted molar refractivity (Wildman–Crippen MR) is 98.2 cm³/mol. The van der Waals surface area contributed by atoms with Crippen LogP contribution in [0.4, 0.5) is 4.39 Å². The molecule has 1 spiro atoms. The quantitative estimate of drug-likeness (QED) is 0.826. The van der Waals surface area contributed by atoms with Crippen LogP contribution in [0.2, 0.25) is 0 Å². The second-order valence-electron chi connectivity index (χ2n) is 7.41. The first-order valence-electron chi connectivity index (χ1n) is 9.11. The van der Waals surface area contributed by atoms with Crippen molar-refractivity contribution in [2.75, 3.05) is 26.2 Å². The number of thiazole rings is 1. The van der Waals surface area contributed by atoms with Gasteiger partial charge in [-0.05, 0) is 43.4 Å². The molecule has 4 rings (SSSR count). The van der Waals surface area contributed by atoms with Crippen molar-refractivity contribution < 1.29 is 9.18 Å². The van der Waals surface area contributed by atoms with E-state index < -0.39 is 0 Å². The van der Waals surface area contributed by atoms with Gasteiger partial charge in [0.2, 0.25) is 5.91 Å². The van der Waals surface area contributed by atoms with Gasteiger partial charge in [-0.25, -0.2) is 9.37 Å². The first kappa shape index (κ1) is 17.5. The smallest absolute Gasteiger partial charge is 0.228 e. The van der Waals surface area contributed by atoms with Gasteiger partial charge in [-0.2, -0.15) is 0 Å². The average Bonchev–Trinajstić information content (AvgIpc) is 3.28. The Labute approximate surface area is 156 Å². The summed E-state index contributed by atoms with van der Waals surface area (Å²) in [5.74, 6) is -0.277. The van der Waals surface area contributed by atoms with Gasteiger partial charge in [0.05, 0.1) is 19.2 Å². The summed E-state index contributed by atoms with van der Waals surface area (Å²) in [6, 6.07) is 2.95. The van der Waals surface area contributed by atoms with Gasteiger partial charge in [-0.3, -0.25) is 14.7 Å². The lowest BCUT2D eigenvalue weighted by molar-refractivity contribution is -0.132. The summed E-state index contributed by atoms with van der Waals surface area (Å²) in [5, 5.41) is 3.21. The van der Waals surface area contributed by atoms with Crippen molar-refractivity contribution in [1.82, 2.24) is 19.8 Å². The Balaban J connectivity index is 1.28. The summed E-state index contributed by atoms with van der Waals surface area (Å²) < 4.78 is 12.9. The molecule has 26 heavy (non-hydrogen) atoms. The Morgan fingerprint density at radius 2 is 2.00 bits per heavy atom. The van der Waals surface area contributed by atoms with Crippen molar-refractivity contribution in [3.05, 3.63) is 46.4 Å². The van der Waals surface area contributed by atoms with Crippen molar-refractivity contribution in [3.8, 4) is 0 Å². The van der Waals surface area contributed by atoms with Gasteiger partial charge in [-0.15, -0.1) is 11.3 Å². The van der Waals surface area contributed by atoms with Gasteiger partial charge in [0.25, 0.3) is 0 Å². The van der Waals surface area contributed by atoms with Crippen molar-refractivity contribution in [2.24, 2.45) is 5.41 Å². The van der Waals surface area contributed by atoms with Crippen molar-refractivity contribution in [1.29, 1.82) is 0 Å². The highest BCUT2D eigenvalue weighted by Crippen LogP contribution is 2.40. The van der Waals surface area contributed by atoms with Gasteiger partial charge in [0.15, 0.2) is 0 Å².